The minimum atomic E-state index is -1.24. The lowest BCUT2D eigenvalue weighted by atomic mass is 9.87. The van der Waals surface area contributed by atoms with E-state index in [0.29, 0.717) is 35.7 Å². The Hall–Kier alpha value is -3.99. The number of aromatic amines is 1. The van der Waals surface area contributed by atoms with Gasteiger partial charge < -0.3 is 10.1 Å². The van der Waals surface area contributed by atoms with E-state index >= 15 is 0 Å². The fourth-order valence-corrected chi connectivity index (χ4v) is 4.09. The lowest BCUT2D eigenvalue weighted by molar-refractivity contribution is -0.139. The number of benzene rings is 2. The van der Waals surface area contributed by atoms with Crippen LogP contribution in [0.5, 0.6) is 5.75 Å². The number of hydrazine groups is 1. The van der Waals surface area contributed by atoms with E-state index in [0.717, 1.165) is 5.01 Å². The first kappa shape index (κ1) is 23.2. The molecule has 0 aliphatic carbocycles. The third kappa shape index (κ3) is 4.17. The first-order valence-electron chi connectivity index (χ1n) is 10.8. The molecule has 0 saturated carbocycles. The number of hydrogen-bond donors (Lipinski definition) is 3. The van der Waals surface area contributed by atoms with Gasteiger partial charge in [0.15, 0.2) is 10.6 Å². The molecule has 4 amide bonds. The van der Waals surface area contributed by atoms with Crippen molar-refractivity contribution in [3.63, 3.8) is 0 Å². The highest BCUT2D eigenvalue weighted by Gasteiger charge is 2.52. The Balaban J connectivity index is 1.53. The standard InChI is InChI=1S/C23H24N6O4S/c1-3-23(16-8-6-5-7-9-16)20(31)29(21(32)24-23)27-18(30)14-28-19(25-26-22(28)34)15-10-12-17(13-11-15)33-4-2/h5-13H,3-4,14H2,1-2H3,(H,24,32)(H,26,34)(H,27,30). The molecule has 2 heterocycles. The van der Waals surface area contributed by atoms with Crippen LogP contribution < -0.4 is 15.5 Å². The van der Waals surface area contributed by atoms with E-state index < -0.39 is 23.4 Å². The summed E-state index contributed by atoms with van der Waals surface area (Å²) in [6, 6.07) is 15.4. The average molecular weight is 481 g/mol. The number of amides is 4. The largest absolute Gasteiger partial charge is 0.494 e. The quantitative estimate of drug-likeness (QED) is 0.337. The number of H-pyrrole nitrogens is 1. The maximum Gasteiger partial charge on any atom is 0.344 e. The molecule has 1 aromatic heterocycles. The van der Waals surface area contributed by atoms with Crippen molar-refractivity contribution in [2.75, 3.05) is 6.61 Å². The summed E-state index contributed by atoms with van der Waals surface area (Å²) in [6.07, 6.45) is 0.322. The van der Waals surface area contributed by atoms with E-state index in [9.17, 15) is 14.4 Å². The SMILES string of the molecule is CCOc1ccc(-c2n[nH]c(=S)n2CC(=O)NN2C(=O)NC(CC)(c3ccccc3)C2=O)cc1. The third-order valence-corrected chi connectivity index (χ3v) is 5.92. The molecule has 3 aromatic rings. The summed E-state index contributed by atoms with van der Waals surface area (Å²) in [4.78, 5) is 38.7. The van der Waals surface area contributed by atoms with Crippen molar-refractivity contribution in [3.05, 3.63) is 64.9 Å². The van der Waals surface area contributed by atoms with Gasteiger partial charge in [-0.05, 0) is 55.4 Å². The summed E-state index contributed by atoms with van der Waals surface area (Å²) in [5, 5.41) is 10.3. The molecular weight excluding hydrogens is 456 g/mol. The van der Waals surface area contributed by atoms with Crippen LogP contribution in [0.2, 0.25) is 0 Å². The van der Waals surface area contributed by atoms with Gasteiger partial charge in [0.25, 0.3) is 11.8 Å². The molecular formula is C23H24N6O4S. The minimum Gasteiger partial charge on any atom is -0.494 e. The zero-order valence-corrected chi connectivity index (χ0v) is 19.5. The van der Waals surface area contributed by atoms with Crippen LogP contribution in [0.1, 0.15) is 25.8 Å². The molecule has 3 N–H and O–H groups in total. The normalized spacial score (nSPS) is 17.5. The molecule has 1 atom stereocenters. The molecule has 1 saturated heterocycles. The average Bonchev–Trinajstić information content (AvgIpc) is 3.32. The molecule has 2 aromatic carbocycles. The number of imide groups is 1. The maximum absolute atomic E-state index is 13.2. The van der Waals surface area contributed by atoms with E-state index in [2.05, 4.69) is 20.9 Å². The minimum absolute atomic E-state index is 0.225. The summed E-state index contributed by atoms with van der Waals surface area (Å²) in [5.41, 5.74) is 2.52. The van der Waals surface area contributed by atoms with Crippen molar-refractivity contribution < 1.29 is 19.1 Å². The molecule has 34 heavy (non-hydrogen) atoms. The number of urea groups is 1. The van der Waals surface area contributed by atoms with Crippen molar-refractivity contribution in [1.82, 2.24) is 30.5 Å². The van der Waals surface area contributed by atoms with Crippen molar-refractivity contribution in [2.24, 2.45) is 0 Å². The number of carbonyl (C=O) groups excluding carboxylic acids is 3. The van der Waals surface area contributed by atoms with Gasteiger partial charge in [0.2, 0.25) is 0 Å². The van der Waals surface area contributed by atoms with Gasteiger partial charge >= 0.3 is 6.03 Å². The summed E-state index contributed by atoms with van der Waals surface area (Å²) >= 11 is 5.29. The topological polar surface area (TPSA) is 121 Å². The van der Waals surface area contributed by atoms with Gasteiger partial charge in [0.05, 0.1) is 6.61 Å². The molecule has 0 radical (unpaired) electrons. The highest BCUT2D eigenvalue weighted by Crippen LogP contribution is 2.31. The summed E-state index contributed by atoms with van der Waals surface area (Å²) in [6.45, 7) is 3.99. The lowest BCUT2D eigenvalue weighted by Gasteiger charge is -2.25. The number of aromatic nitrogens is 3. The highest BCUT2D eigenvalue weighted by atomic mass is 32.1. The molecule has 0 spiro atoms. The Morgan fingerprint density at radius 1 is 1.12 bits per heavy atom. The van der Waals surface area contributed by atoms with Crippen LogP contribution >= 0.6 is 12.2 Å². The van der Waals surface area contributed by atoms with E-state index in [1.54, 1.807) is 55.5 Å². The van der Waals surface area contributed by atoms with Gasteiger partial charge in [-0.1, -0.05) is 37.3 Å². The van der Waals surface area contributed by atoms with Crippen LogP contribution in [0, 0.1) is 4.77 Å². The predicted molar refractivity (Wildman–Crippen MR) is 126 cm³/mol. The summed E-state index contributed by atoms with van der Waals surface area (Å²) in [5.74, 6) is -0.0103. The second-order valence-corrected chi connectivity index (χ2v) is 8.01. The summed E-state index contributed by atoms with van der Waals surface area (Å²) in [7, 11) is 0. The van der Waals surface area contributed by atoms with Crippen molar-refractivity contribution in [1.29, 1.82) is 0 Å². The number of hydrogen-bond acceptors (Lipinski definition) is 6. The summed E-state index contributed by atoms with van der Waals surface area (Å²) < 4.78 is 7.17. The van der Waals surface area contributed by atoms with Gasteiger partial charge in [-0.3, -0.25) is 24.7 Å². The number of nitrogens with zero attached hydrogens (tertiary/aromatic N) is 3. The van der Waals surface area contributed by atoms with Gasteiger partial charge in [0.1, 0.15) is 17.8 Å². The van der Waals surface area contributed by atoms with E-state index in [1.165, 1.54) is 4.57 Å². The van der Waals surface area contributed by atoms with E-state index in [1.807, 2.05) is 13.0 Å². The molecule has 1 fully saturated rings. The molecule has 176 valence electrons. The second kappa shape index (κ2) is 9.48. The zero-order chi connectivity index (χ0) is 24.3. The number of carbonyl (C=O) groups is 3. The first-order chi connectivity index (χ1) is 16.4. The van der Waals surface area contributed by atoms with Crippen LogP contribution in [0.15, 0.2) is 54.6 Å². The fraction of sp³-hybridized carbons (Fsp3) is 0.261. The maximum atomic E-state index is 13.2. The number of ether oxygens (including phenoxy) is 1. The zero-order valence-electron chi connectivity index (χ0n) is 18.7. The lowest BCUT2D eigenvalue weighted by Crippen LogP contribution is -2.49. The molecule has 1 aliphatic rings. The predicted octanol–water partition coefficient (Wildman–Crippen LogP) is 2.89. The molecule has 11 heteroatoms. The molecule has 0 bridgehead atoms. The fourth-order valence-electron chi connectivity index (χ4n) is 3.89. The van der Waals surface area contributed by atoms with Gasteiger partial charge in [0, 0.05) is 5.56 Å². The van der Waals surface area contributed by atoms with E-state index in [4.69, 9.17) is 17.0 Å². The Morgan fingerprint density at radius 3 is 2.47 bits per heavy atom. The van der Waals surface area contributed by atoms with Crippen LogP contribution in [0.3, 0.4) is 0 Å². The third-order valence-electron chi connectivity index (χ3n) is 5.61. The van der Waals surface area contributed by atoms with Crippen LogP contribution in [0.25, 0.3) is 11.4 Å². The Morgan fingerprint density at radius 2 is 1.82 bits per heavy atom. The molecule has 4 rings (SSSR count). The van der Waals surface area contributed by atoms with E-state index in [-0.39, 0.29) is 11.3 Å². The van der Waals surface area contributed by atoms with Crippen LogP contribution in [0.4, 0.5) is 4.79 Å². The molecule has 1 unspecified atom stereocenters. The van der Waals surface area contributed by atoms with Crippen LogP contribution in [-0.4, -0.2) is 44.2 Å². The van der Waals surface area contributed by atoms with Gasteiger partial charge in [-0.25, -0.2) is 4.79 Å². The monoisotopic (exact) mass is 480 g/mol. The second-order valence-electron chi connectivity index (χ2n) is 7.63. The Bertz CT molecular complexity index is 1270. The van der Waals surface area contributed by atoms with Crippen molar-refractivity contribution in [3.8, 4) is 17.1 Å². The molecule has 1 aliphatic heterocycles. The van der Waals surface area contributed by atoms with Gasteiger partial charge in [-0.2, -0.15) is 10.1 Å². The smallest absolute Gasteiger partial charge is 0.344 e. The Labute approximate surface area is 200 Å². The number of rotatable bonds is 8. The van der Waals surface area contributed by atoms with Crippen molar-refractivity contribution >= 4 is 30.1 Å². The first-order valence-corrected chi connectivity index (χ1v) is 11.2. The molecule has 10 nitrogen and oxygen atoms in total. The highest BCUT2D eigenvalue weighted by molar-refractivity contribution is 7.71. The van der Waals surface area contributed by atoms with Gasteiger partial charge in [-0.15, -0.1) is 0 Å². The Kier molecular flexibility index (Phi) is 6.46. The van der Waals surface area contributed by atoms with Crippen molar-refractivity contribution in [2.45, 2.75) is 32.4 Å². The number of nitrogens with one attached hydrogen (secondary N) is 3. The van der Waals surface area contributed by atoms with Crippen LogP contribution in [-0.2, 0) is 21.7 Å².